The second kappa shape index (κ2) is 13.8. The Balaban J connectivity index is 1.01. The van der Waals surface area contributed by atoms with Crippen molar-refractivity contribution in [1.82, 2.24) is 20.0 Å². The van der Waals surface area contributed by atoms with Crippen molar-refractivity contribution in [2.75, 3.05) is 28.2 Å². The molecular formula is C44H66N4P4. The predicted octanol–water partition coefficient (Wildman–Crippen LogP) is 9.18. The molecule has 0 radical (unpaired) electrons. The summed E-state index contributed by atoms with van der Waals surface area (Å²) < 4.78 is 0. The van der Waals surface area contributed by atoms with Crippen molar-refractivity contribution in [3.8, 4) is 0 Å². The van der Waals surface area contributed by atoms with E-state index in [1.54, 1.807) is 41.9 Å². The second-order valence-corrected chi connectivity index (χ2v) is 29.4. The summed E-state index contributed by atoms with van der Waals surface area (Å²) in [4.78, 5) is 0. The van der Waals surface area contributed by atoms with Gasteiger partial charge < -0.3 is 0 Å². The summed E-state index contributed by atoms with van der Waals surface area (Å²) in [7, 11) is 8.61. The van der Waals surface area contributed by atoms with E-state index in [-0.39, 0.29) is 31.7 Å². The molecule has 4 nitrogen and oxygen atoms in total. The fourth-order valence-electron chi connectivity index (χ4n) is 14.1. The predicted molar refractivity (Wildman–Crippen MR) is 231 cm³/mol. The number of fused-ring (bicyclic) bond motifs is 6. The standard InChI is InChI=1S/C44H66N4P4/c1-27-45(5)46(6)28(2)49(27)42-23-22-31(25-44(42)50-29(3)47(7)48(8)30(50)4)32-24-36-35-16-13-21-39(35)52(43(36)26-32)41-18-10-9-17-40(41)51-37-19-11-14-33(37)34-15-12-20-38(34)51/h9-10,17-18,22-23,25,27-30,32-39,43H,11-16,19-21,24,26H2,1-8H3/t27-,28-,29-,30-,32?,33-,34-,35-,36-,37-,38-,39-,43-,52?/m1/s1. The van der Waals surface area contributed by atoms with Gasteiger partial charge in [-0.05, 0) is 174 Å². The monoisotopic (exact) mass is 774 g/mol. The first kappa shape index (κ1) is 36.3. The van der Waals surface area contributed by atoms with E-state index in [0.29, 0.717) is 23.1 Å². The van der Waals surface area contributed by atoms with Crippen LogP contribution in [0.3, 0.4) is 0 Å². The Hall–Kier alpha value is -0.0000000000000000416. The van der Waals surface area contributed by atoms with Crippen LogP contribution in [0.5, 0.6) is 0 Å². The van der Waals surface area contributed by atoms with Gasteiger partial charge in [0.2, 0.25) is 0 Å². The third-order valence-electron chi connectivity index (χ3n) is 16.9. The van der Waals surface area contributed by atoms with Gasteiger partial charge in [0.25, 0.3) is 0 Å². The summed E-state index contributed by atoms with van der Waals surface area (Å²) in [5.41, 5.74) is 5.78. The van der Waals surface area contributed by atoms with Gasteiger partial charge in [-0.1, -0.05) is 77.6 Å². The van der Waals surface area contributed by atoms with E-state index >= 15 is 0 Å². The van der Waals surface area contributed by atoms with Crippen LogP contribution in [0.4, 0.5) is 0 Å². The van der Waals surface area contributed by atoms with Crippen LogP contribution in [-0.2, 0) is 0 Å². The Morgan fingerprint density at radius 2 is 0.865 bits per heavy atom. The first-order valence-electron chi connectivity index (χ1n) is 21.4. The fourth-order valence-corrected chi connectivity index (χ4v) is 30.2. The molecule has 14 atom stereocenters. The molecule has 8 fully saturated rings. The van der Waals surface area contributed by atoms with Gasteiger partial charge in [-0.2, -0.15) is 0 Å². The highest BCUT2D eigenvalue weighted by atomic mass is 31.1. The maximum absolute atomic E-state index is 2.84. The van der Waals surface area contributed by atoms with Gasteiger partial charge in [-0.3, -0.25) is 0 Å². The van der Waals surface area contributed by atoms with E-state index in [1.807, 2.05) is 10.6 Å². The third kappa shape index (κ3) is 5.34. The van der Waals surface area contributed by atoms with E-state index in [4.69, 9.17) is 0 Å². The van der Waals surface area contributed by atoms with Gasteiger partial charge in [0.1, 0.15) is 0 Å². The highest BCUT2D eigenvalue weighted by molar-refractivity contribution is 7.74. The molecule has 4 saturated carbocycles. The lowest BCUT2D eigenvalue weighted by molar-refractivity contribution is 0.0357. The second-order valence-electron chi connectivity index (χ2n) is 18.6. The zero-order valence-electron chi connectivity index (χ0n) is 33.4. The van der Waals surface area contributed by atoms with Crippen molar-refractivity contribution in [2.45, 2.75) is 150 Å². The Labute approximate surface area is 321 Å². The van der Waals surface area contributed by atoms with E-state index in [2.05, 4.69) is 118 Å². The van der Waals surface area contributed by atoms with Crippen LogP contribution in [0.25, 0.3) is 0 Å². The molecule has 4 aliphatic carbocycles. The zero-order valence-corrected chi connectivity index (χ0v) is 37.0. The Morgan fingerprint density at radius 3 is 1.37 bits per heavy atom. The summed E-state index contributed by atoms with van der Waals surface area (Å²) in [6.07, 6.45) is 16.7. The molecule has 8 aliphatic rings. The van der Waals surface area contributed by atoms with E-state index in [0.717, 1.165) is 52.2 Å². The van der Waals surface area contributed by atoms with Crippen molar-refractivity contribution in [3.63, 3.8) is 0 Å². The lowest BCUT2D eigenvalue weighted by Gasteiger charge is -2.33. The number of nitrogens with zero attached hydrogens (tertiary/aromatic N) is 4. The molecular weight excluding hydrogens is 708 g/mol. The van der Waals surface area contributed by atoms with Gasteiger partial charge >= 0.3 is 0 Å². The summed E-state index contributed by atoms with van der Waals surface area (Å²) in [5.74, 6) is 7.16. The molecule has 4 saturated heterocycles. The quantitative estimate of drug-likeness (QED) is 0.281. The molecule has 10 rings (SSSR count). The van der Waals surface area contributed by atoms with Crippen LogP contribution in [0.15, 0.2) is 42.5 Å². The third-order valence-corrected chi connectivity index (χ3v) is 31.0. The van der Waals surface area contributed by atoms with Crippen molar-refractivity contribution in [1.29, 1.82) is 0 Å². The van der Waals surface area contributed by atoms with Crippen LogP contribution in [0.2, 0.25) is 0 Å². The number of benzene rings is 2. The number of hydrogen-bond acceptors (Lipinski definition) is 4. The van der Waals surface area contributed by atoms with E-state index < -0.39 is 0 Å². The molecule has 0 N–H and O–H groups in total. The molecule has 0 aromatic heterocycles. The molecule has 4 heterocycles. The minimum absolute atomic E-state index is 0.00851. The number of hydrogen-bond donors (Lipinski definition) is 0. The normalized spacial score (nSPS) is 45.7. The molecule has 4 aliphatic heterocycles. The van der Waals surface area contributed by atoms with Crippen molar-refractivity contribution < 1.29 is 0 Å². The molecule has 0 bridgehead atoms. The van der Waals surface area contributed by atoms with Gasteiger partial charge in [-0.15, -0.1) is 0 Å². The van der Waals surface area contributed by atoms with Crippen molar-refractivity contribution in [3.05, 3.63) is 48.0 Å². The summed E-state index contributed by atoms with van der Waals surface area (Å²) in [6.45, 7) is 10.0. The van der Waals surface area contributed by atoms with E-state index in [1.165, 1.54) is 44.9 Å². The highest BCUT2D eigenvalue weighted by Crippen LogP contribution is 2.73. The average molecular weight is 775 g/mol. The average Bonchev–Trinajstić information content (AvgIpc) is 4.01. The van der Waals surface area contributed by atoms with E-state index in [9.17, 15) is 0 Å². The lowest BCUT2D eigenvalue weighted by atomic mass is 9.87. The number of hydrazine groups is 2. The van der Waals surface area contributed by atoms with Gasteiger partial charge in [0, 0.05) is 51.3 Å². The molecule has 2 aromatic carbocycles. The minimum Gasteiger partial charge on any atom is -0.237 e. The smallest absolute Gasteiger partial charge is 0.0468 e. The summed E-state index contributed by atoms with van der Waals surface area (Å²) >= 11 is 0. The highest BCUT2D eigenvalue weighted by Gasteiger charge is 2.58. The summed E-state index contributed by atoms with van der Waals surface area (Å²) in [6, 6.07) is 18.6. The van der Waals surface area contributed by atoms with Crippen molar-refractivity contribution in [2.24, 2.45) is 23.7 Å². The molecule has 52 heavy (non-hydrogen) atoms. The van der Waals surface area contributed by atoms with Gasteiger partial charge in [-0.25, -0.2) is 20.0 Å². The van der Waals surface area contributed by atoms with Crippen LogP contribution in [0.1, 0.15) is 110 Å². The Kier molecular flexibility index (Phi) is 9.67. The maximum Gasteiger partial charge on any atom is 0.0468 e. The first-order valence-corrected chi connectivity index (χ1v) is 27.3. The first-order chi connectivity index (χ1) is 25.2. The van der Waals surface area contributed by atoms with Crippen LogP contribution < -0.4 is 21.2 Å². The number of rotatable bonds is 5. The topological polar surface area (TPSA) is 13.0 Å². The van der Waals surface area contributed by atoms with Crippen LogP contribution in [-0.4, -0.2) is 94.0 Å². The lowest BCUT2D eigenvalue weighted by Crippen LogP contribution is -2.35. The summed E-state index contributed by atoms with van der Waals surface area (Å²) in [5, 5.41) is 17.6. The Bertz CT molecular complexity index is 1620. The van der Waals surface area contributed by atoms with Gasteiger partial charge in [0.15, 0.2) is 0 Å². The van der Waals surface area contributed by atoms with Crippen LogP contribution in [0, 0.1) is 23.7 Å². The fraction of sp³-hybridized carbons (Fsp3) is 0.727. The van der Waals surface area contributed by atoms with Gasteiger partial charge in [0.05, 0.1) is 0 Å². The van der Waals surface area contributed by atoms with Crippen LogP contribution >= 0.6 is 31.7 Å². The largest absolute Gasteiger partial charge is 0.237 e. The molecule has 2 unspecified atom stereocenters. The SMILES string of the molecule is C[C@@H]1N(C)N(C)[C@@H](C)P1c1ccc(C2C[C@@H]3[C@H]4CCC[C@H]4P(c4ccccc4P4[C@@H]5CCC[C@@H]5[C@H]5CCC[C@H]54)[C@@H]3C2)cc1P1[C@H](C)N(C)N(C)[C@H]1C. The molecule has 2 aromatic rings. The van der Waals surface area contributed by atoms with Crippen molar-refractivity contribution >= 4 is 52.9 Å². The zero-order chi connectivity index (χ0) is 35.7. The molecule has 0 amide bonds. The Morgan fingerprint density at radius 1 is 0.442 bits per heavy atom. The molecule has 8 heteroatoms. The molecule has 282 valence electrons. The minimum atomic E-state index is -0.323. The molecule has 0 spiro atoms. The maximum atomic E-state index is 2.84.